The SMILES string of the molecule is COc1cccc2c1C(=O)c1c(O)c3c(c(O)c1C2=O)C[C@@](O)(C(=O)CO)C[C@@H]3OC1CC(NC(=O)[C@H](CC(C)C)NC(=O)[C@H](CO)NC(=O)[C@@H](CCC(N)=O)NC(=O)[C@@H](NC(=O)[C@H](CO)NC(=O)[C@H](C)NC(=O)C2CC(O)CN2C(=O)CCC(=O)O)C2CCCCC2)C(O)C(C)O1. The summed E-state index contributed by atoms with van der Waals surface area (Å²) in [4.78, 5) is 176. The summed E-state index contributed by atoms with van der Waals surface area (Å²) in [5.74, 6) is -15.8. The third kappa shape index (κ3) is 17.7. The molecule has 34 heteroatoms. The summed E-state index contributed by atoms with van der Waals surface area (Å²) < 4.78 is 17.6. The Hall–Kier alpha value is -8.77. The van der Waals surface area contributed by atoms with E-state index >= 15 is 0 Å². The minimum atomic E-state index is -2.51. The van der Waals surface area contributed by atoms with Crippen LogP contribution in [0.4, 0.5) is 0 Å². The highest BCUT2D eigenvalue weighted by Crippen LogP contribution is 2.53. The zero-order valence-electron chi connectivity index (χ0n) is 54.7. The van der Waals surface area contributed by atoms with Crippen LogP contribution in [-0.2, 0) is 68.6 Å². The molecule has 2 heterocycles. The van der Waals surface area contributed by atoms with E-state index in [0.29, 0.717) is 25.7 Å². The number of likely N-dealkylation sites (tertiary alicyclic amines) is 1. The van der Waals surface area contributed by atoms with Gasteiger partial charge in [0.25, 0.3) is 0 Å². The number of aliphatic carboxylic acids is 1. The number of nitrogens with two attached hydrogens (primary N) is 1. The average molecular weight is 1380 g/mol. The van der Waals surface area contributed by atoms with Crippen LogP contribution in [0, 0.1) is 11.8 Å². The third-order valence-corrected chi connectivity index (χ3v) is 18.3. The molecule has 0 radical (unpaired) electrons. The number of ether oxygens (including phenoxy) is 3. The van der Waals surface area contributed by atoms with Gasteiger partial charge in [-0.25, -0.2) is 0 Å². The van der Waals surface area contributed by atoms with E-state index in [1.807, 2.05) is 0 Å². The molecule has 14 atom stereocenters. The summed E-state index contributed by atoms with van der Waals surface area (Å²) in [7, 11) is 1.25. The lowest BCUT2D eigenvalue weighted by Gasteiger charge is -2.43. The fourth-order valence-corrected chi connectivity index (χ4v) is 13.1. The Bertz CT molecular complexity index is 3410. The number of aromatic hydroxyl groups is 2. The number of ketones is 3. The van der Waals surface area contributed by atoms with Gasteiger partial charge in [-0.1, -0.05) is 45.2 Å². The second-order valence-corrected chi connectivity index (χ2v) is 25.8. The Morgan fingerprint density at radius 3 is 1.96 bits per heavy atom. The van der Waals surface area contributed by atoms with Crippen LogP contribution < -0.4 is 47.7 Å². The van der Waals surface area contributed by atoms with Crippen molar-refractivity contribution in [1.82, 2.24) is 42.1 Å². The van der Waals surface area contributed by atoms with E-state index in [0.717, 1.165) is 11.3 Å². The van der Waals surface area contributed by atoms with Gasteiger partial charge in [0.1, 0.15) is 77.9 Å². The molecular formula is C64H87N9O25. The number of amides is 9. The number of carboxylic acids is 1. The standard InChI is InChI=1S/C64H87N9O25/c1-27(2)18-36(59(90)68-35-20-46(97-29(4)52(35)83)98-41-22-64(95,42(78)26-76)21-33-48(41)56(87)50-49(54(33)85)53(84)32-12-9-13-40(96-5)47(32)55(50)86)69-60(91)37(24-74)71-58(89)34(14-15-43(65)79)67-63(94)51(30-10-7-6-8-11-30)72-61(92)38(25-75)70-57(88)28(3)66-62(93)39-19-31(77)23-73(39)44(80)16-17-45(81)82/h9,12-13,27-31,34-39,41,46,51-52,74-77,83,85,87,95H,6-8,10-11,14-26H2,1-5H3,(H2,65,79)(H,66,93)(H,67,94)(H,68,90)(H,69,91)(H,70,88)(H,71,89)(H,72,92)(H,81,82)/t28-,29?,31?,34+,35?,36-,37-,38-,39?,41-,46?,51-,52?,64-/m0/s1. The summed E-state index contributed by atoms with van der Waals surface area (Å²) in [6.45, 7) is 2.38. The number of methoxy groups -OCH3 is 1. The molecule has 0 bridgehead atoms. The number of Topliss-reactive ketones (excluding diaryl/α,β-unsaturated/α-hetero) is 1. The molecule has 7 rings (SSSR count). The number of nitrogens with one attached hydrogen (secondary N) is 7. The molecule has 98 heavy (non-hydrogen) atoms. The third-order valence-electron chi connectivity index (χ3n) is 18.3. The van der Waals surface area contributed by atoms with Gasteiger partial charge in [0.05, 0.1) is 67.8 Å². The Labute approximate surface area is 561 Å². The maximum Gasteiger partial charge on any atom is 0.303 e. The summed E-state index contributed by atoms with van der Waals surface area (Å²) >= 11 is 0. The molecule has 3 fully saturated rings. The van der Waals surface area contributed by atoms with Gasteiger partial charge in [-0.2, -0.15) is 0 Å². The van der Waals surface area contributed by atoms with E-state index in [2.05, 4.69) is 37.2 Å². The number of carboxylic acid groups (broad SMARTS) is 1. The first-order valence-electron chi connectivity index (χ1n) is 32.3. The second-order valence-electron chi connectivity index (χ2n) is 25.8. The summed E-state index contributed by atoms with van der Waals surface area (Å²) in [6.07, 6.45) is -8.59. The topological polar surface area (TPSA) is 545 Å². The summed E-state index contributed by atoms with van der Waals surface area (Å²) in [6, 6.07) is -8.15. The highest BCUT2D eigenvalue weighted by Gasteiger charge is 2.51. The molecule has 3 aliphatic carbocycles. The normalized spacial score (nSPS) is 24.0. The van der Waals surface area contributed by atoms with Gasteiger partial charge in [-0.15, -0.1) is 0 Å². The molecular weight excluding hydrogens is 1290 g/mol. The molecule has 2 aliphatic heterocycles. The Balaban J connectivity index is 1.03. The van der Waals surface area contributed by atoms with Gasteiger partial charge >= 0.3 is 5.97 Å². The summed E-state index contributed by atoms with van der Waals surface area (Å²) in [5.41, 5.74) is 0.548. The number of phenolic OH excluding ortho intramolecular Hbond substituents is 2. The van der Waals surface area contributed by atoms with Gasteiger partial charge in [-0.05, 0) is 57.4 Å². The number of rotatable bonds is 30. The molecule has 2 aromatic rings. The smallest absolute Gasteiger partial charge is 0.303 e. The van der Waals surface area contributed by atoms with Crippen molar-refractivity contribution in [2.24, 2.45) is 17.6 Å². The number of β-amino-alcohol motifs (C(OH)–C–C–N with tert-alkyl or cyclic N) is 1. The van der Waals surface area contributed by atoms with Crippen LogP contribution in [0.3, 0.4) is 0 Å². The zero-order valence-corrected chi connectivity index (χ0v) is 54.7. The van der Waals surface area contributed by atoms with Crippen LogP contribution >= 0.6 is 0 Å². The number of hydrogen-bond donors (Lipinski definition) is 17. The van der Waals surface area contributed by atoms with Crippen LogP contribution in [0.5, 0.6) is 17.2 Å². The monoisotopic (exact) mass is 1380 g/mol. The molecule has 9 amide bonds. The van der Waals surface area contributed by atoms with E-state index in [9.17, 15) is 103 Å². The average Bonchev–Trinajstić information content (AvgIpc) is 0.770. The number of primary amides is 1. The van der Waals surface area contributed by atoms with Crippen molar-refractivity contribution < 1.29 is 122 Å². The lowest BCUT2D eigenvalue weighted by atomic mass is 9.72. The lowest BCUT2D eigenvalue weighted by molar-refractivity contribution is -0.249. The number of aliphatic hydroxyl groups is 6. The molecule has 0 aromatic heterocycles. The maximum atomic E-state index is 14.4. The number of phenols is 2. The molecule has 34 nitrogen and oxygen atoms in total. The zero-order chi connectivity index (χ0) is 72.4. The van der Waals surface area contributed by atoms with Crippen molar-refractivity contribution in [3.05, 3.63) is 51.6 Å². The fourth-order valence-electron chi connectivity index (χ4n) is 13.1. The van der Waals surface area contributed by atoms with Gasteiger partial charge < -0.3 is 108 Å². The van der Waals surface area contributed by atoms with Crippen LogP contribution in [0.1, 0.15) is 160 Å². The Morgan fingerprint density at radius 1 is 0.735 bits per heavy atom. The van der Waals surface area contributed by atoms with Gasteiger partial charge in [0, 0.05) is 61.8 Å². The van der Waals surface area contributed by atoms with Crippen LogP contribution in [0.2, 0.25) is 0 Å². The minimum Gasteiger partial charge on any atom is -0.507 e. The van der Waals surface area contributed by atoms with Crippen molar-refractivity contribution in [3.8, 4) is 17.2 Å². The van der Waals surface area contributed by atoms with Crippen molar-refractivity contribution in [2.75, 3.05) is 33.5 Å². The Morgan fingerprint density at radius 2 is 1.35 bits per heavy atom. The number of hydrogen-bond acceptors (Lipinski definition) is 24. The number of aliphatic hydroxyl groups excluding tert-OH is 5. The molecule has 2 aromatic carbocycles. The van der Waals surface area contributed by atoms with E-state index < -0.39 is 254 Å². The molecule has 18 N–H and O–H groups in total. The molecule has 0 spiro atoms. The van der Waals surface area contributed by atoms with E-state index in [-0.39, 0.29) is 53.3 Å². The molecule has 5 aliphatic rings. The van der Waals surface area contributed by atoms with E-state index in [1.54, 1.807) is 13.8 Å². The predicted molar refractivity (Wildman–Crippen MR) is 335 cm³/mol. The summed E-state index contributed by atoms with van der Waals surface area (Å²) in [5, 5.41) is 114. The first-order valence-corrected chi connectivity index (χ1v) is 32.3. The molecule has 538 valence electrons. The number of nitrogens with zero attached hydrogens (tertiary/aromatic N) is 1. The van der Waals surface area contributed by atoms with E-state index in [4.69, 9.17) is 25.1 Å². The van der Waals surface area contributed by atoms with Crippen molar-refractivity contribution in [3.63, 3.8) is 0 Å². The Kier molecular flexibility index (Phi) is 25.9. The lowest BCUT2D eigenvalue weighted by Crippen LogP contribution is -2.62. The highest BCUT2D eigenvalue weighted by molar-refractivity contribution is 6.31. The first-order chi connectivity index (χ1) is 46.3. The molecule has 6 unspecified atom stereocenters. The fraction of sp³-hybridized carbons (Fsp3) is 0.609. The number of carbonyl (C=O) groups excluding carboxylic acids is 12. The maximum absolute atomic E-state index is 14.4. The molecule has 1 saturated carbocycles. The van der Waals surface area contributed by atoms with Gasteiger partial charge in [0.15, 0.2) is 17.9 Å². The quantitative estimate of drug-likeness (QED) is 0.0281. The van der Waals surface area contributed by atoms with Gasteiger partial charge in [0.2, 0.25) is 58.9 Å². The highest BCUT2D eigenvalue weighted by atomic mass is 16.7. The number of benzene rings is 2. The van der Waals surface area contributed by atoms with E-state index in [1.165, 1.54) is 39.2 Å². The van der Waals surface area contributed by atoms with Crippen molar-refractivity contribution >= 4 is 76.5 Å². The van der Waals surface area contributed by atoms with Crippen molar-refractivity contribution in [1.29, 1.82) is 0 Å². The number of fused-ring (bicyclic) bond motifs is 3. The predicted octanol–water partition coefficient (Wildman–Crippen LogP) is -4.21. The largest absolute Gasteiger partial charge is 0.507 e. The minimum absolute atomic E-state index is 0.0284. The van der Waals surface area contributed by atoms with Crippen LogP contribution in [0.15, 0.2) is 18.2 Å². The first kappa shape index (κ1) is 76.6. The van der Waals surface area contributed by atoms with Crippen molar-refractivity contribution in [2.45, 2.75) is 202 Å². The van der Waals surface area contributed by atoms with Crippen LogP contribution in [-0.4, -0.2) is 239 Å². The van der Waals surface area contributed by atoms with Gasteiger partial charge in [-0.3, -0.25) is 62.3 Å². The second kappa shape index (κ2) is 33.2. The number of carbonyl (C=O) groups is 13. The molecule has 2 saturated heterocycles. The van der Waals surface area contributed by atoms with Crippen LogP contribution in [0.25, 0.3) is 0 Å².